The van der Waals surface area contributed by atoms with Crippen molar-refractivity contribution in [1.82, 2.24) is 0 Å². The number of phenols is 1. The lowest BCUT2D eigenvalue weighted by Crippen LogP contribution is -2.06. The van der Waals surface area contributed by atoms with Crippen molar-refractivity contribution in [2.75, 3.05) is 0 Å². The fourth-order valence-corrected chi connectivity index (χ4v) is 4.14. The van der Waals surface area contributed by atoms with E-state index in [0.717, 1.165) is 23.5 Å². The van der Waals surface area contributed by atoms with Crippen molar-refractivity contribution in [2.45, 2.75) is 12.4 Å². The lowest BCUT2D eigenvalue weighted by Gasteiger charge is -2.10. The van der Waals surface area contributed by atoms with Crippen molar-refractivity contribution in [3.63, 3.8) is 0 Å². The second kappa shape index (κ2) is 5.01. The fraction of sp³-hybridized carbons (Fsp3) is 0.143. The monoisotopic (exact) mass is 414 g/mol. The number of phenolic OH excluding ortho intramolecular Hbond substituents is 1. The Morgan fingerprint density at radius 3 is 1.78 bits per heavy atom. The molecule has 1 aromatic heterocycles. The maximum Gasteiger partial charge on any atom is 0.419 e. The molecule has 0 unspecified atom stereocenters. The van der Waals surface area contributed by atoms with Gasteiger partial charge in [-0.3, -0.25) is 0 Å². The van der Waals surface area contributed by atoms with Gasteiger partial charge in [0.25, 0.3) is 0 Å². The molecule has 3 rings (SSSR count). The third-order valence-electron chi connectivity index (χ3n) is 3.29. The first kappa shape index (κ1) is 16.4. The van der Waals surface area contributed by atoms with Gasteiger partial charge in [0.05, 0.1) is 11.1 Å². The largest absolute Gasteiger partial charge is 0.507 e. The van der Waals surface area contributed by atoms with E-state index < -0.39 is 29.2 Å². The number of thiophene rings is 1. The molecule has 0 aliphatic carbocycles. The molecule has 0 saturated carbocycles. The first-order valence-corrected chi connectivity index (χ1v) is 7.62. The molecule has 9 heteroatoms. The standard InChI is InChI=1S/C14H5BrF6OS/c15-9-3-11-5(1-7(9)13(16,17)18)6-2-8(14(19,20)21)10(22)4-12(6)23-11/h1-4,22H. The average molecular weight is 415 g/mol. The van der Waals surface area contributed by atoms with Crippen LogP contribution in [0.4, 0.5) is 26.3 Å². The van der Waals surface area contributed by atoms with Crippen molar-refractivity contribution in [3.05, 3.63) is 39.9 Å². The van der Waals surface area contributed by atoms with Crippen LogP contribution in [0.5, 0.6) is 5.75 Å². The van der Waals surface area contributed by atoms with Gasteiger partial charge in [0, 0.05) is 24.6 Å². The van der Waals surface area contributed by atoms with Crippen LogP contribution in [0, 0.1) is 0 Å². The average Bonchev–Trinajstić information content (AvgIpc) is 2.70. The number of rotatable bonds is 0. The van der Waals surface area contributed by atoms with Crippen molar-refractivity contribution < 1.29 is 31.4 Å². The van der Waals surface area contributed by atoms with Gasteiger partial charge in [-0.1, -0.05) is 15.9 Å². The molecule has 0 bridgehead atoms. The molecule has 3 aromatic rings. The summed E-state index contributed by atoms with van der Waals surface area (Å²) < 4.78 is 78.0. The van der Waals surface area contributed by atoms with Crippen LogP contribution < -0.4 is 0 Å². The van der Waals surface area contributed by atoms with E-state index in [0.29, 0.717) is 10.8 Å². The van der Waals surface area contributed by atoms with Crippen LogP contribution in [-0.4, -0.2) is 5.11 Å². The van der Waals surface area contributed by atoms with Crippen LogP contribution in [0.15, 0.2) is 28.7 Å². The zero-order chi connectivity index (χ0) is 17.2. The van der Waals surface area contributed by atoms with Crippen molar-refractivity contribution >= 4 is 47.4 Å². The van der Waals surface area contributed by atoms with Gasteiger partial charge >= 0.3 is 12.4 Å². The van der Waals surface area contributed by atoms with E-state index in [-0.39, 0.29) is 19.9 Å². The summed E-state index contributed by atoms with van der Waals surface area (Å²) in [5.74, 6) is -0.952. The van der Waals surface area contributed by atoms with E-state index >= 15 is 0 Å². The minimum Gasteiger partial charge on any atom is -0.507 e. The summed E-state index contributed by atoms with van der Waals surface area (Å²) in [6, 6.07) is 3.63. The molecule has 1 heterocycles. The SMILES string of the molecule is Oc1cc2sc3cc(Br)c(C(F)(F)F)cc3c2cc1C(F)(F)F. The first-order chi connectivity index (χ1) is 10.5. The number of halogens is 7. The summed E-state index contributed by atoms with van der Waals surface area (Å²) in [4.78, 5) is 0. The zero-order valence-corrected chi connectivity index (χ0v) is 13.2. The lowest BCUT2D eigenvalue weighted by atomic mass is 10.1. The maximum absolute atomic E-state index is 13.0. The van der Waals surface area contributed by atoms with E-state index in [1.807, 2.05) is 0 Å². The molecule has 0 saturated heterocycles. The fourth-order valence-electron chi connectivity index (χ4n) is 2.28. The van der Waals surface area contributed by atoms with Crippen LogP contribution in [-0.2, 0) is 12.4 Å². The second-order valence-corrected chi connectivity index (χ2v) is 6.73. The summed E-state index contributed by atoms with van der Waals surface area (Å²) >= 11 is 3.83. The Morgan fingerprint density at radius 2 is 1.26 bits per heavy atom. The van der Waals surface area contributed by atoms with Gasteiger partial charge in [-0.15, -0.1) is 11.3 Å². The van der Waals surface area contributed by atoms with Crippen LogP contribution in [0.25, 0.3) is 20.2 Å². The summed E-state index contributed by atoms with van der Waals surface area (Å²) in [6.07, 6.45) is -9.43. The highest BCUT2D eigenvalue weighted by Crippen LogP contribution is 2.45. The summed E-state index contributed by atoms with van der Waals surface area (Å²) in [5, 5.41) is 9.59. The summed E-state index contributed by atoms with van der Waals surface area (Å²) in [5.41, 5.74) is -2.24. The van der Waals surface area contributed by atoms with Gasteiger partial charge in [-0.25, -0.2) is 0 Å². The summed E-state index contributed by atoms with van der Waals surface area (Å²) in [7, 11) is 0. The molecule has 0 fully saturated rings. The zero-order valence-electron chi connectivity index (χ0n) is 10.8. The normalized spacial score (nSPS) is 13.2. The quantitative estimate of drug-likeness (QED) is 0.413. The molecular weight excluding hydrogens is 410 g/mol. The molecule has 0 radical (unpaired) electrons. The summed E-state index contributed by atoms with van der Waals surface area (Å²) in [6.45, 7) is 0. The van der Waals surface area contributed by atoms with Gasteiger partial charge < -0.3 is 5.11 Å². The lowest BCUT2D eigenvalue weighted by molar-refractivity contribution is -0.139. The van der Waals surface area contributed by atoms with Crippen molar-refractivity contribution in [3.8, 4) is 5.75 Å². The number of benzene rings is 2. The maximum atomic E-state index is 13.0. The van der Waals surface area contributed by atoms with E-state index in [1.54, 1.807) is 0 Å². The Kier molecular flexibility index (Phi) is 3.57. The smallest absolute Gasteiger partial charge is 0.419 e. The Labute approximate surface area is 137 Å². The van der Waals surface area contributed by atoms with E-state index in [4.69, 9.17) is 0 Å². The molecule has 0 atom stereocenters. The van der Waals surface area contributed by atoms with E-state index in [1.165, 1.54) is 6.07 Å². The number of aromatic hydroxyl groups is 1. The number of hydrogen-bond donors (Lipinski definition) is 1. The minimum atomic E-state index is -4.80. The van der Waals surface area contributed by atoms with Crippen LogP contribution in [0.2, 0.25) is 0 Å². The topological polar surface area (TPSA) is 20.2 Å². The molecule has 0 spiro atoms. The van der Waals surface area contributed by atoms with Gasteiger partial charge in [0.15, 0.2) is 0 Å². The number of hydrogen-bond acceptors (Lipinski definition) is 2. The highest BCUT2D eigenvalue weighted by molar-refractivity contribution is 9.10. The molecule has 23 heavy (non-hydrogen) atoms. The molecular formula is C14H5BrF6OS. The predicted molar refractivity (Wildman–Crippen MR) is 78.7 cm³/mol. The molecule has 1 nitrogen and oxygen atoms in total. The third-order valence-corrected chi connectivity index (χ3v) is 5.06. The predicted octanol–water partition coefficient (Wildman–Crippen LogP) is 6.56. The Hall–Kier alpha value is -1.48. The molecule has 0 aliphatic rings. The Bertz CT molecular complexity index is 851. The van der Waals surface area contributed by atoms with E-state index in [9.17, 15) is 31.4 Å². The number of fused-ring (bicyclic) bond motifs is 3. The van der Waals surface area contributed by atoms with Crippen LogP contribution >= 0.6 is 27.3 Å². The van der Waals surface area contributed by atoms with Gasteiger partial charge in [-0.2, -0.15) is 26.3 Å². The highest BCUT2D eigenvalue weighted by Gasteiger charge is 2.36. The van der Waals surface area contributed by atoms with Crippen molar-refractivity contribution in [1.29, 1.82) is 0 Å². The van der Waals surface area contributed by atoms with E-state index in [2.05, 4.69) is 15.9 Å². The van der Waals surface area contributed by atoms with Gasteiger partial charge in [-0.05, 0) is 24.3 Å². The molecule has 122 valence electrons. The third kappa shape index (κ3) is 2.76. The minimum absolute atomic E-state index is 0.0214. The first-order valence-electron chi connectivity index (χ1n) is 6.01. The second-order valence-electron chi connectivity index (χ2n) is 4.79. The highest BCUT2D eigenvalue weighted by atomic mass is 79.9. The van der Waals surface area contributed by atoms with Gasteiger partial charge in [0.1, 0.15) is 5.75 Å². The Balaban J connectivity index is 2.40. The Morgan fingerprint density at radius 1 is 0.783 bits per heavy atom. The molecule has 1 N–H and O–H groups in total. The molecule has 0 aliphatic heterocycles. The van der Waals surface area contributed by atoms with Crippen LogP contribution in [0.1, 0.15) is 11.1 Å². The van der Waals surface area contributed by atoms with Crippen molar-refractivity contribution in [2.24, 2.45) is 0 Å². The van der Waals surface area contributed by atoms with Gasteiger partial charge in [0.2, 0.25) is 0 Å². The molecule has 0 amide bonds. The molecule has 2 aromatic carbocycles. The van der Waals surface area contributed by atoms with Crippen LogP contribution in [0.3, 0.4) is 0 Å². The number of alkyl halides is 6.